The van der Waals surface area contributed by atoms with Gasteiger partial charge in [-0.05, 0) is 54.8 Å². The topological polar surface area (TPSA) is 33.2 Å². The van der Waals surface area contributed by atoms with Gasteiger partial charge in [-0.25, -0.2) is 4.39 Å². The number of benzene rings is 2. The zero-order valence-corrected chi connectivity index (χ0v) is 15.7. The Labute approximate surface area is 164 Å². The van der Waals surface area contributed by atoms with Gasteiger partial charge in [-0.1, -0.05) is 36.4 Å². The average molecular weight is 374 g/mol. The van der Waals surface area contributed by atoms with Crippen LogP contribution in [0.4, 0.5) is 4.39 Å². The van der Waals surface area contributed by atoms with Gasteiger partial charge in [-0.3, -0.25) is 9.78 Å². The van der Waals surface area contributed by atoms with Crippen LogP contribution in [0.3, 0.4) is 0 Å². The Morgan fingerprint density at radius 3 is 2.46 bits per heavy atom. The summed E-state index contributed by atoms with van der Waals surface area (Å²) in [5.41, 5.74) is 3.69. The molecule has 0 spiro atoms. The summed E-state index contributed by atoms with van der Waals surface area (Å²) < 4.78 is 13.4. The normalized spacial score (nSPS) is 14.8. The number of hydrogen-bond donors (Lipinski definition) is 0. The van der Waals surface area contributed by atoms with Crippen LogP contribution in [0.15, 0.2) is 72.8 Å². The fourth-order valence-corrected chi connectivity index (χ4v) is 3.82. The molecule has 2 heterocycles. The second kappa shape index (κ2) is 8.34. The molecule has 0 bridgehead atoms. The smallest absolute Gasteiger partial charge is 0.253 e. The first-order valence-corrected chi connectivity index (χ1v) is 9.73. The van der Waals surface area contributed by atoms with E-state index in [0.717, 1.165) is 48.4 Å². The van der Waals surface area contributed by atoms with E-state index in [4.69, 9.17) is 4.98 Å². The highest BCUT2D eigenvalue weighted by atomic mass is 19.1. The van der Waals surface area contributed by atoms with Crippen molar-refractivity contribution in [2.75, 3.05) is 13.1 Å². The highest BCUT2D eigenvalue weighted by Crippen LogP contribution is 2.28. The first-order valence-electron chi connectivity index (χ1n) is 9.73. The molecule has 0 unspecified atom stereocenters. The number of carbonyl (C=O) groups is 1. The highest BCUT2D eigenvalue weighted by Gasteiger charge is 2.25. The minimum atomic E-state index is -0.218. The molecule has 1 saturated heterocycles. The molecule has 142 valence electrons. The number of amides is 1. The summed E-state index contributed by atoms with van der Waals surface area (Å²) in [6.07, 6.45) is 2.45. The molecule has 1 aromatic heterocycles. The number of pyridine rings is 1. The zero-order chi connectivity index (χ0) is 19.3. The quantitative estimate of drug-likeness (QED) is 0.655. The van der Waals surface area contributed by atoms with Gasteiger partial charge >= 0.3 is 0 Å². The fraction of sp³-hybridized carbons (Fsp3) is 0.250. The van der Waals surface area contributed by atoms with Crippen LogP contribution in [0.1, 0.15) is 46.1 Å². The summed E-state index contributed by atoms with van der Waals surface area (Å²) in [6.45, 7) is 1.49. The van der Waals surface area contributed by atoms with Gasteiger partial charge < -0.3 is 4.90 Å². The Morgan fingerprint density at radius 2 is 1.71 bits per heavy atom. The maximum Gasteiger partial charge on any atom is 0.253 e. The van der Waals surface area contributed by atoms with E-state index in [1.54, 1.807) is 12.1 Å². The largest absolute Gasteiger partial charge is 0.339 e. The highest BCUT2D eigenvalue weighted by molar-refractivity contribution is 5.94. The molecular weight excluding hydrogens is 351 g/mol. The molecule has 28 heavy (non-hydrogen) atoms. The molecule has 0 aliphatic carbocycles. The van der Waals surface area contributed by atoms with E-state index in [1.165, 1.54) is 6.07 Å². The number of rotatable bonds is 4. The first kappa shape index (κ1) is 18.4. The first-order chi connectivity index (χ1) is 13.7. The Bertz CT molecular complexity index is 950. The number of aromatic nitrogens is 1. The molecule has 1 aliphatic rings. The number of carbonyl (C=O) groups excluding carboxylic acids is 1. The van der Waals surface area contributed by atoms with Crippen LogP contribution in [0, 0.1) is 5.82 Å². The molecule has 0 radical (unpaired) electrons. The third-order valence-electron chi connectivity index (χ3n) is 5.32. The van der Waals surface area contributed by atoms with Gasteiger partial charge in [0.05, 0.1) is 0 Å². The Balaban J connectivity index is 1.40. The van der Waals surface area contributed by atoms with Crippen molar-refractivity contribution in [2.24, 2.45) is 0 Å². The van der Waals surface area contributed by atoms with Crippen molar-refractivity contribution in [3.05, 3.63) is 101 Å². The molecule has 0 atom stereocenters. The molecule has 4 heteroatoms. The minimum Gasteiger partial charge on any atom is -0.339 e. The van der Waals surface area contributed by atoms with E-state index in [0.29, 0.717) is 12.3 Å². The van der Waals surface area contributed by atoms with Gasteiger partial charge in [0.25, 0.3) is 5.91 Å². The van der Waals surface area contributed by atoms with Crippen molar-refractivity contribution in [3.63, 3.8) is 0 Å². The third-order valence-corrected chi connectivity index (χ3v) is 5.32. The number of hydrogen-bond acceptors (Lipinski definition) is 2. The summed E-state index contributed by atoms with van der Waals surface area (Å²) in [7, 11) is 0. The number of nitrogens with zero attached hydrogens (tertiary/aromatic N) is 2. The maximum atomic E-state index is 13.4. The zero-order valence-electron chi connectivity index (χ0n) is 15.7. The molecule has 3 nitrogen and oxygen atoms in total. The standard InChI is InChI=1S/C24H23FN2O/c25-21-9-4-6-18(16-21)17-22-10-5-11-23(26-22)19-12-14-27(15-13-19)24(28)20-7-2-1-3-8-20/h1-11,16,19H,12-15,17H2. The summed E-state index contributed by atoms with van der Waals surface area (Å²) in [5.74, 6) is 0.239. The third kappa shape index (κ3) is 4.28. The van der Waals surface area contributed by atoms with Crippen molar-refractivity contribution in [1.82, 2.24) is 9.88 Å². The van der Waals surface area contributed by atoms with E-state index in [-0.39, 0.29) is 11.7 Å². The van der Waals surface area contributed by atoms with Gasteiger partial charge in [-0.2, -0.15) is 0 Å². The summed E-state index contributed by atoms with van der Waals surface area (Å²) in [5, 5.41) is 0. The molecule has 0 saturated carbocycles. The van der Waals surface area contributed by atoms with Crippen LogP contribution in [-0.2, 0) is 6.42 Å². The van der Waals surface area contributed by atoms with Gasteiger partial charge in [0.15, 0.2) is 0 Å². The van der Waals surface area contributed by atoms with E-state index in [1.807, 2.05) is 53.4 Å². The van der Waals surface area contributed by atoms with Gasteiger partial charge in [-0.15, -0.1) is 0 Å². The maximum absolute atomic E-state index is 13.4. The van der Waals surface area contributed by atoms with Gasteiger partial charge in [0, 0.05) is 42.4 Å². The molecule has 1 aliphatic heterocycles. The average Bonchev–Trinajstić information content (AvgIpc) is 2.74. The van der Waals surface area contributed by atoms with Gasteiger partial charge in [0.2, 0.25) is 0 Å². The molecule has 3 aromatic rings. The SMILES string of the molecule is O=C(c1ccccc1)N1CCC(c2cccc(Cc3cccc(F)c3)n2)CC1. The van der Waals surface area contributed by atoms with Crippen LogP contribution in [0.2, 0.25) is 0 Å². The number of piperidine rings is 1. The van der Waals surface area contributed by atoms with Crippen molar-refractivity contribution >= 4 is 5.91 Å². The predicted octanol–water partition coefficient (Wildman–Crippen LogP) is 4.83. The van der Waals surface area contributed by atoms with Crippen molar-refractivity contribution in [1.29, 1.82) is 0 Å². The van der Waals surface area contributed by atoms with E-state index in [9.17, 15) is 9.18 Å². The lowest BCUT2D eigenvalue weighted by Crippen LogP contribution is -2.38. The monoisotopic (exact) mass is 374 g/mol. The van der Waals surface area contributed by atoms with Crippen molar-refractivity contribution in [3.8, 4) is 0 Å². The summed E-state index contributed by atoms with van der Waals surface area (Å²) >= 11 is 0. The van der Waals surface area contributed by atoms with E-state index in [2.05, 4.69) is 6.07 Å². The Morgan fingerprint density at radius 1 is 0.964 bits per heavy atom. The van der Waals surface area contributed by atoms with Crippen LogP contribution in [0.25, 0.3) is 0 Å². The predicted molar refractivity (Wildman–Crippen MR) is 108 cm³/mol. The number of likely N-dealkylation sites (tertiary alicyclic amines) is 1. The van der Waals surface area contributed by atoms with Crippen molar-refractivity contribution in [2.45, 2.75) is 25.2 Å². The van der Waals surface area contributed by atoms with Crippen LogP contribution in [-0.4, -0.2) is 28.9 Å². The molecule has 1 amide bonds. The second-order valence-corrected chi connectivity index (χ2v) is 7.29. The second-order valence-electron chi connectivity index (χ2n) is 7.29. The molecular formula is C24H23FN2O. The van der Waals surface area contributed by atoms with Crippen LogP contribution < -0.4 is 0 Å². The van der Waals surface area contributed by atoms with E-state index < -0.39 is 0 Å². The minimum absolute atomic E-state index is 0.104. The Hall–Kier alpha value is -3.01. The fourth-order valence-electron chi connectivity index (χ4n) is 3.82. The lowest BCUT2D eigenvalue weighted by molar-refractivity contribution is 0.0712. The summed E-state index contributed by atoms with van der Waals surface area (Å²) in [6, 6.07) is 22.2. The molecule has 1 fully saturated rings. The summed E-state index contributed by atoms with van der Waals surface area (Å²) in [4.78, 5) is 19.4. The number of halogens is 1. The molecule has 4 rings (SSSR count). The lowest BCUT2D eigenvalue weighted by atomic mass is 9.92. The van der Waals surface area contributed by atoms with Crippen LogP contribution >= 0.6 is 0 Å². The molecule has 0 N–H and O–H groups in total. The lowest BCUT2D eigenvalue weighted by Gasteiger charge is -2.32. The van der Waals surface area contributed by atoms with E-state index >= 15 is 0 Å². The molecule has 2 aromatic carbocycles. The van der Waals surface area contributed by atoms with Crippen LogP contribution in [0.5, 0.6) is 0 Å². The Kier molecular flexibility index (Phi) is 5.47. The van der Waals surface area contributed by atoms with Crippen molar-refractivity contribution < 1.29 is 9.18 Å². The van der Waals surface area contributed by atoms with Gasteiger partial charge in [0.1, 0.15) is 5.82 Å².